The number of hydrogen-bond donors (Lipinski definition) is 2. The minimum atomic E-state index is -2.23. The van der Waals surface area contributed by atoms with Gasteiger partial charge in [-0.15, -0.1) is 6.58 Å². The highest BCUT2D eigenvalue weighted by molar-refractivity contribution is 6.74. The highest BCUT2D eigenvalue weighted by Crippen LogP contribution is 2.42. The molecule has 1 unspecified atom stereocenters. The van der Waals surface area contributed by atoms with Crippen molar-refractivity contribution in [3.63, 3.8) is 0 Å². The van der Waals surface area contributed by atoms with Crippen molar-refractivity contribution in [2.75, 3.05) is 7.11 Å². The smallest absolute Gasteiger partial charge is 0.330 e. The first-order valence-corrected chi connectivity index (χ1v) is 12.3. The van der Waals surface area contributed by atoms with Gasteiger partial charge in [0.25, 0.3) is 5.56 Å². The number of ether oxygens (including phenoxy) is 2. The molecule has 1 aliphatic heterocycles. The fraction of sp³-hybridized carbons (Fsp3) is 0.684. The first-order valence-electron chi connectivity index (χ1n) is 9.39. The van der Waals surface area contributed by atoms with E-state index in [1.54, 1.807) is 6.08 Å². The van der Waals surface area contributed by atoms with Crippen LogP contribution < -0.4 is 11.2 Å². The average molecular weight is 413 g/mol. The van der Waals surface area contributed by atoms with Gasteiger partial charge in [-0.05, 0) is 24.6 Å². The van der Waals surface area contributed by atoms with E-state index in [-0.39, 0.29) is 5.04 Å². The Morgan fingerprint density at radius 2 is 2.04 bits per heavy atom. The number of H-pyrrole nitrogens is 1. The van der Waals surface area contributed by atoms with Gasteiger partial charge in [0.1, 0.15) is 18.3 Å². The maximum absolute atomic E-state index is 12.3. The van der Waals surface area contributed by atoms with Gasteiger partial charge in [-0.2, -0.15) is 0 Å². The van der Waals surface area contributed by atoms with Gasteiger partial charge in [-0.25, -0.2) is 4.79 Å². The van der Waals surface area contributed by atoms with E-state index < -0.39 is 50.2 Å². The van der Waals surface area contributed by atoms with E-state index >= 15 is 0 Å². The molecule has 0 saturated carbocycles. The Labute approximate surface area is 166 Å². The van der Waals surface area contributed by atoms with Gasteiger partial charge >= 0.3 is 5.69 Å². The van der Waals surface area contributed by atoms with Gasteiger partial charge in [0.15, 0.2) is 14.5 Å². The van der Waals surface area contributed by atoms with Crippen molar-refractivity contribution in [1.29, 1.82) is 0 Å². The first-order chi connectivity index (χ1) is 12.9. The van der Waals surface area contributed by atoms with Crippen molar-refractivity contribution in [2.24, 2.45) is 0 Å². The van der Waals surface area contributed by atoms with Gasteiger partial charge < -0.3 is 19.0 Å². The summed E-state index contributed by atoms with van der Waals surface area (Å²) in [5, 5.41) is 10.6. The third-order valence-electron chi connectivity index (χ3n) is 5.65. The quantitative estimate of drug-likeness (QED) is 0.523. The zero-order valence-electron chi connectivity index (χ0n) is 17.5. The summed E-state index contributed by atoms with van der Waals surface area (Å²) in [7, 11) is -0.718. The Morgan fingerprint density at radius 3 is 2.54 bits per heavy atom. The van der Waals surface area contributed by atoms with Crippen molar-refractivity contribution in [1.82, 2.24) is 9.55 Å². The third kappa shape index (κ3) is 4.55. The van der Waals surface area contributed by atoms with Crippen LogP contribution in [0.1, 0.15) is 33.4 Å². The SMILES string of the molecule is C=CC[C@@H](O)[C@H]1O[C@@H](n2ccc(=O)[nH]c2=O)[C@@H](OC)C1O[Si](C)(C)C(C)(C)C. The predicted molar refractivity (Wildman–Crippen MR) is 109 cm³/mol. The molecule has 9 heteroatoms. The lowest BCUT2D eigenvalue weighted by Crippen LogP contribution is -2.51. The number of aromatic nitrogens is 2. The molecule has 2 rings (SSSR count). The van der Waals surface area contributed by atoms with Gasteiger partial charge in [-0.1, -0.05) is 26.8 Å². The minimum Gasteiger partial charge on any atom is -0.408 e. The van der Waals surface area contributed by atoms with Crippen LogP contribution in [0.15, 0.2) is 34.5 Å². The van der Waals surface area contributed by atoms with Crippen LogP contribution in [0.5, 0.6) is 0 Å². The number of nitrogens with zero attached hydrogens (tertiary/aromatic N) is 1. The number of aliphatic hydroxyl groups is 1. The molecule has 0 aromatic carbocycles. The van der Waals surface area contributed by atoms with E-state index in [1.165, 1.54) is 23.9 Å². The average Bonchev–Trinajstić information content (AvgIpc) is 2.91. The van der Waals surface area contributed by atoms with Crippen LogP contribution in [0, 0.1) is 0 Å². The number of nitrogens with one attached hydrogen (secondary N) is 1. The normalized spacial score (nSPS) is 27.0. The highest BCUT2D eigenvalue weighted by Gasteiger charge is 2.53. The minimum absolute atomic E-state index is 0.0634. The highest BCUT2D eigenvalue weighted by atomic mass is 28.4. The topological polar surface area (TPSA) is 103 Å². The molecule has 28 heavy (non-hydrogen) atoms. The molecule has 1 fully saturated rings. The summed E-state index contributed by atoms with van der Waals surface area (Å²) in [4.78, 5) is 25.9. The second kappa shape index (κ2) is 8.46. The van der Waals surface area contributed by atoms with Gasteiger partial charge in [0.2, 0.25) is 0 Å². The molecule has 8 nitrogen and oxygen atoms in total. The fourth-order valence-electron chi connectivity index (χ4n) is 3.03. The van der Waals surface area contributed by atoms with E-state index in [0.29, 0.717) is 6.42 Å². The second-order valence-corrected chi connectivity index (χ2v) is 13.4. The molecule has 158 valence electrons. The molecule has 1 aliphatic rings. The summed E-state index contributed by atoms with van der Waals surface area (Å²) >= 11 is 0. The van der Waals surface area contributed by atoms with Crippen molar-refractivity contribution in [3.05, 3.63) is 45.8 Å². The molecular weight excluding hydrogens is 380 g/mol. The third-order valence-corrected chi connectivity index (χ3v) is 10.1. The number of aliphatic hydroxyl groups excluding tert-OH is 1. The fourth-order valence-corrected chi connectivity index (χ4v) is 4.34. The van der Waals surface area contributed by atoms with Crippen molar-refractivity contribution < 1.29 is 19.0 Å². The van der Waals surface area contributed by atoms with Crippen LogP contribution in [0.4, 0.5) is 0 Å². The molecular formula is C19H32N2O6Si. The van der Waals surface area contributed by atoms with Crippen molar-refractivity contribution in [3.8, 4) is 0 Å². The van der Waals surface area contributed by atoms with Crippen LogP contribution in [-0.2, 0) is 13.9 Å². The molecule has 0 radical (unpaired) electrons. The maximum atomic E-state index is 12.3. The van der Waals surface area contributed by atoms with Crippen molar-refractivity contribution >= 4 is 8.32 Å². The summed E-state index contributed by atoms with van der Waals surface area (Å²) in [5.74, 6) is 0. The zero-order valence-corrected chi connectivity index (χ0v) is 18.5. The molecule has 0 amide bonds. The first kappa shape index (κ1) is 22.8. The summed E-state index contributed by atoms with van der Waals surface area (Å²) in [5.41, 5.74) is -1.10. The van der Waals surface area contributed by atoms with Crippen molar-refractivity contribution in [2.45, 2.75) is 76.0 Å². The molecule has 2 N–H and O–H groups in total. The standard InChI is InChI=1S/C19H32N2O6Si/c1-8-9-12(22)14-15(27-28(6,7)19(2,3)4)16(25-5)17(26-14)21-11-10-13(23)20-18(21)24/h8,10-12,14-17,22H,1,9H2,2-7H3,(H,20,23,24)/t12-,14-,15?,16+,17-/m1/s1. The van der Waals surface area contributed by atoms with Crippen LogP contribution in [-0.4, -0.2) is 54.5 Å². The van der Waals surface area contributed by atoms with Gasteiger partial charge in [0, 0.05) is 19.4 Å². The van der Waals surface area contributed by atoms with E-state index in [9.17, 15) is 14.7 Å². The summed E-state index contributed by atoms with van der Waals surface area (Å²) in [6, 6.07) is 1.24. The summed E-state index contributed by atoms with van der Waals surface area (Å²) in [6.45, 7) is 14.3. The summed E-state index contributed by atoms with van der Waals surface area (Å²) < 4.78 is 19.6. The zero-order chi connectivity index (χ0) is 21.3. The van der Waals surface area contributed by atoms with Gasteiger partial charge in [-0.3, -0.25) is 14.3 Å². The predicted octanol–water partition coefficient (Wildman–Crippen LogP) is 1.78. The Bertz CT molecular complexity index is 797. The van der Waals surface area contributed by atoms with E-state index in [1.807, 2.05) is 0 Å². The molecule has 1 saturated heterocycles. The van der Waals surface area contributed by atoms with Crippen LogP contribution in [0.25, 0.3) is 0 Å². The lowest BCUT2D eigenvalue weighted by molar-refractivity contribution is -0.0857. The van der Waals surface area contributed by atoms with Crippen LogP contribution in [0.2, 0.25) is 18.1 Å². The van der Waals surface area contributed by atoms with E-state index in [2.05, 4.69) is 45.4 Å². The lowest BCUT2D eigenvalue weighted by atomic mass is 10.0. The molecule has 2 heterocycles. The Hall–Kier alpha value is -1.52. The largest absolute Gasteiger partial charge is 0.408 e. The molecule has 0 bridgehead atoms. The van der Waals surface area contributed by atoms with Crippen LogP contribution in [0.3, 0.4) is 0 Å². The Kier molecular flexibility index (Phi) is 6.88. The van der Waals surface area contributed by atoms with Gasteiger partial charge in [0.05, 0.1) is 6.10 Å². The maximum Gasteiger partial charge on any atom is 0.330 e. The number of aromatic amines is 1. The molecule has 1 aromatic rings. The van der Waals surface area contributed by atoms with Crippen LogP contribution >= 0.6 is 0 Å². The number of rotatable bonds is 7. The van der Waals surface area contributed by atoms with E-state index in [4.69, 9.17) is 13.9 Å². The Morgan fingerprint density at radius 1 is 1.39 bits per heavy atom. The molecule has 5 atom stereocenters. The monoisotopic (exact) mass is 412 g/mol. The summed E-state index contributed by atoms with van der Waals surface area (Å²) in [6.07, 6.45) is -0.344. The Balaban J connectivity index is 2.47. The number of methoxy groups -OCH3 is 1. The second-order valence-electron chi connectivity index (χ2n) is 8.64. The van der Waals surface area contributed by atoms with E-state index in [0.717, 1.165) is 0 Å². The lowest BCUT2D eigenvalue weighted by Gasteiger charge is -2.41. The number of hydrogen-bond acceptors (Lipinski definition) is 6. The molecule has 1 aromatic heterocycles. The molecule has 0 spiro atoms. The molecule has 0 aliphatic carbocycles.